The van der Waals surface area contributed by atoms with Gasteiger partial charge in [-0.2, -0.15) is 0 Å². The highest BCUT2D eigenvalue weighted by molar-refractivity contribution is 4.85. The zero-order chi connectivity index (χ0) is 9.73. The molecule has 0 radical (unpaired) electrons. The minimum absolute atomic E-state index is 0.0113. The first-order chi connectivity index (χ1) is 6.20. The fourth-order valence-corrected chi connectivity index (χ4v) is 1.68. The average Bonchev–Trinajstić information content (AvgIpc) is 2.19. The molecule has 1 saturated heterocycles. The summed E-state index contributed by atoms with van der Waals surface area (Å²) in [6.07, 6.45) is 2.11. The summed E-state index contributed by atoms with van der Waals surface area (Å²) in [5, 5.41) is 0. The molecule has 1 rings (SSSR count). The van der Waals surface area contributed by atoms with Gasteiger partial charge in [0.15, 0.2) is 0 Å². The van der Waals surface area contributed by atoms with Crippen LogP contribution in [0.1, 0.15) is 26.7 Å². The van der Waals surface area contributed by atoms with Crippen LogP contribution in [0.5, 0.6) is 0 Å². The van der Waals surface area contributed by atoms with Gasteiger partial charge < -0.3 is 10.5 Å². The first kappa shape index (κ1) is 11.0. The number of rotatable bonds is 4. The van der Waals surface area contributed by atoms with Gasteiger partial charge in [-0.15, -0.1) is 0 Å². The van der Waals surface area contributed by atoms with E-state index in [1.807, 2.05) is 0 Å². The molecule has 0 bridgehead atoms. The Labute approximate surface area is 81.2 Å². The Morgan fingerprint density at radius 2 is 1.77 bits per heavy atom. The molecule has 0 saturated carbocycles. The molecule has 0 unspecified atom stereocenters. The third-order valence-electron chi connectivity index (χ3n) is 3.05. The first-order valence-corrected chi connectivity index (χ1v) is 5.29. The van der Waals surface area contributed by atoms with Crippen LogP contribution in [0.15, 0.2) is 0 Å². The average molecular weight is 186 g/mol. The van der Waals surface area contributed by atoms with Crippen LogP contribution < -0.4 is 5.73 Å². The smallest absolute Gasteiger partial charge is 0.0594 e. The van der Waals surface area contributed by atoms with E-state index >= 15 is 0 Å². The fraction of sp³-hybridized carbons (Fsp3) is 1.00. The van der Waals surface area contributed by atoms with Crippen molar-refractivity contribution >= 4 is 0 Å². The van der Waals surface area contributed by atoms with Crippen molar-refractivity contribution in [1.82, 2.24) is 4.90 Å². The predicted molar refractivity (Wildman–Crippen MR) is 54.8 cm³/mol. The molecule has 1 aliphatic rings. The third kappa shape index (κ3) is 3.25. The Kier molecular flexibility index (Phi) is 4.16. The molecule has 0 aromatic carbocycles. The normalized spacial score (nSPS) is 20.5. The van der Waals surface area contributed by atoms with Crippen molar-refractivity contribution in [3.8, 4) is 0 Å². The zero-order valence-corrected chi connectivity index (χ0v) is 8.88. The highest BCUT2D eigenvalue weighted by Gasteiger charge is 2.24. The van der Waals surface area contributed by atoms with Crippen LogP contribution in [0.25, 0.3) is 0 Å². The van der Waals surface area contributed by atoms with Crippen molar-refractivity contribution in [2.24, 2.45) is 5.73 Å². The summed E-state index contributed by atoms with van der Waals surface area (Å²) < 4.78 is 5.30. The molecule has 1 aliphatic heterocycles. The van der Waals surface area contributed by atoms with E-state index in [1.54, 1.807) is 0 Å². The Morgan fingerprint density at radius 3 is 2.23 bits per heavy atom. The Hall–Kier alpha value is -0.120. The van der Waals surface area contributed by atoms with Crippen LogP contribution in [0.4, 0.5) is 0 Å². The SMILES string of the molecule is CCC(N)(CC)CN1CCOCC1. The summed E-state index contributed by atoms with van der Waals surface area (Å²) in [6.45, 7) is 9.17. The predicted octanol–water partition coefficient (Wildman–Crippen LogP) is 0.836. The molecular formula is C10H22N2O. The summed E-state index contributed by atoms with van der Waals surface area (Å²) in [4.78, 5) is 2.41. The van der Waals surface area contributed by atoms with Crippen LogP contribution in [-0.2, 0) is 4.74 Å². The molecule has 0 atom stereocenters. The van der Waals surface area contributed by atoms with E-state index in [4.69, 9.17) is 10.5 Å². The third-order valence-corrected chi connectivity index (χ3v) is 3.05. The summed E-state index contributed by atoms with van der Waals surface area (Å²) >= 11 is 0. The minimum Gasteiger partial charge on any atom is -0.379 e. The Morgan fingerprint density at radius 1 is 1.23 bits per heavy atom. The molecule has 0 aromatic heterocycles. The monoisotopic (exact) mass is 186 g/mol. The summed E-state index contributed by atoms with van der Waals surface area (Å²) in [5.74, 6) is 0. The fourth-order valence-electron chi connectivity index (χ4n) is 1.68. The van der Waals surface area contributed by atoms with Gasteiger partial charge >= 0.3 is 0 Å². The molecule has 78 valence electrons. The number of nitrogens with zero attached hydrogens (tertiary/aromatic N) is 1. The lowest BCUT2D eigenvalue weighted by molar-refractivity contribution is 0.0266. The molecule has 3 heteroatoms. The lowest BCUT2D eigenvalue weighted by Crippen LogP contribution is -2.52. The van der Waals surface area contributed by atoms with Gasteiger partial charge in [-0.25, -0.2) is 0 Å². The standard InChI is InChI=1S/C10H22N2O/c1-3-10(11,4-2)9-12-5-7-13-8-6-12/h3-9,11H2,1-2H3. The Balaban J connectivity index is 2.35. The lowest BCUT2D eigenvalue weighted by atomic mass is 9.93. The van der Waals surface area contributed by atoms with E-state index in [2.05, 4.69) is 18.7 Å². The number of hydrogen-bond acceptors (Lipinski definition) is 3. The van der Waals surface area contributed by atoms with Crippen molar-refractivity contribution in [1.29, 1.82) is 0 Å². The van der Waals surface area contributed by atoms with Crippen LogP contribution in [0.3, 0.4) is 0 Å². The second kappa shape index (κ2) is 4.94. The quantitative estimate of drug-likeness (QED) is 0.707. The van der Waals surface area contributed by atoms with E-state index in [0.717, 1.165) is 45.7 Å². The molecule has 0 aromatic rings. The number of ether oxygens (including phenoxy) is 1. The summed E-state index contributed by atoms with van der Waals surface area (Å²) in [5.41, 5.74) is 6.26. The van der Waals surface area contributed by atoms with Crippen LogP contribution in [0, 0.1) is 0 Å². The van der Waals surface area contributed by atoms with E-state index in [-0.39, 0.29) is 5.54 Å². The summed E-state index contributed by atoms with van der Waals surface area (Å²) in [6, 6.07) is 0. The maximum atomic E-state index is 6.24. The highest BCUT2D eigenvalue weighted by Crippen LogP contribution is 2.13. The van der Waals surface area contributed by atoms with Gasteiger partial charge in [-0.3, -0.25) is 4.90 Å². The maximum Gasteiger partial charge on any atom is 0.0594 e. The molecule has 13 heavy (non-hydrogen) atoms. The molecule has 0 aliphatic carbocycles. The van der Waals surface area contributed by atoms with Crippen molar-refractivity contribution < 1.29 is 4.74 Å². The second-order valence-electron chi connectivity index (χ2n) is 3.96. The molecular weight excluding hydrogens is 164 g/mol. The van der Waals surface area contributed by atoms with Gasteiger partial charge in [0.1, 0.15) is 0 Å². The number of nitrogens with two attached hydrogens (primary N) is 1. The first-order valence-electron chi connectivity index (χ1n) is 5.29. The van der Waals surface area contributed by atoms with Crippen molar-refractivity contribution in [3.63, 3.8) is 0 Å². The molecule has 0 amide bonds. The molecule has 1 fully saturated rings. The van der Waals surface area contributed by atoms with Crippen molar-refractivity contribution in [3.05, 3.63) is 0 Å². The van der Waals surface area contributed by atoms with Crippen molar-refractivity contribution in [2.75, 3.05) is 32.8 Å². The van der Waals surface area contributed by atoms with Crippen LogP contribution in [0.2, 0.25) is 0 Å². The minimum atomic E-state index is 0.0113. The molecule has 0 spiro atoms. The largest absolute Gasteiger partial charge is 0.379 e. The molecule has 2 N–H and O–H groups in total. The number of morpholine rings is 1. The van der Waals surface area contributed by atoms with Gasteiger partial charge in [-0.1, -0.05) is 13.8 Å². The van der Waals surface area contributed by atoms with Gasteiger partial charge in [0.25, 0.3) is 0 Å². The van der Waals surface area contributed by atoms with E-state index in [9.17, 15) is 0 Å². The topological polar surface area (TPSA) is 38.5 Å². The van der Waals surface area contributed by atoms with Crippen molar-refractivity contribution in [2.45, 2.75) is 32.2 Å². The van der Waals surface area contributed by atoms with E-state index in [0.29, 0.717) is 0 Å². The highest BCUT2D eigenvalue weighted by atomic mass is 16.5. The van der Waals surface area contributed by atoms with E-state index < -0.39 is 0 Å². The van der Waals surface area contributed by atoms with Gasteiger partial charge in [0.05, 0.1) is 13.2 Å². The maximum absolute atomic E-state index is 6.24. The molecule has 3 nitrogen and oxygen atoms in total. The van der Waals surface area contributed by atoms with Crippen LogP contribution >= 0.6 is 0 Å². The van der Waals surface area contributed by atoms with Gasteiger partial charge in [0, 0.05) is 25.2 Å². The van der Waals surface area contributed by atoms with Gasteiger partial charge in [-0.05, 0) is 12.8 Å². The lowest BCUT2D eigenvalue weighted by Gasteiger charge is -2.35. The van der Waals surface area contributed by atoms with Gasteiger partial charge in [0.2, 0.25) is 0 Å². The van der Waals surface area contributed by atoms with Crippen LogP contribution in [-0.4, -0.2) is 43.3 Å². The zero-order valence-electron chi connectivity index (χ0n) is 8.88. The second-order valence-corrected chi connectivity index (χ2v) is 3.96. The number of hydrogen-bond donors (Lipinski definition) is 1. The van der Waals surface area contributed by atoms with E-state index in [1.165, 1.54) is 0 Å². The summed E-state index contributed by atoms with van der Waals surface area (Å²) in [7, 11) is 0. The molecule has 1 heterocycles. The Bertz CT molecular complexity index is 140.